The molecule has 0 aliphatic carbocycles. The minimum atomic E-state index is -0.604. The molecular formula is C14H21N5O3. The van der Waals surface area contributed by atoms with Crippen molar-refractivity contribution in [2.75, 3.05) is 6.54 Å². The molecule has 0 bridgehead atoms. The van der Waals surface area contributed by atoms with Crippen molar-refractivity contribution < 1.29 is 14.4 Å². The molecule has 0 radical (unpaired) electrons. The van der Waals surface area contributed by atoms with Crippen molar-refractivity contribution in [2.24, 2.45) is 0 Å². The minimum absolute atomic E-state index is 0.123. The summed E-state index contributed by atoms with van der Waals surface area (Å²) in [6.07, 6.45) is 1.30. The quantitative estimate of drug-likeness (QED) is 0.487. The Kier molecular flexibility index (Phi) is 5.13. The van der Waals surface area contributed by atoms with Crippen LogP contribution < -0.4 is 16.0 Å². The number of hydrogen-bond donors (Lipinski definition) is 3. The monoisotopic (exact) mass is 307 g/mol. The summed E-state index contributed by atoms with van der Waals surface area (Å²) in [4.78, 5) is 33.9. The summed E-state index contributed by atoms with van der Waals surface area (Å²) < 4.78 is 1.92. The first kappa shape index (κ1) is 16.0. The lowest BCUT2D eigenvalue weighted by Gasteiger charge is -2.08. The van der Waals surface area contributed by atoms with Gasteiger partial charge in [0.15, 0.2) is 0 Å². The molecule has 0 unspecified atom stereocenters. The third-order valence-electron chi connectivity index (χ3n) is 3.49. The van der Waals surface area contributed by atoms with E-state index in [4.69, 9.17) is 0 Å². The third-order valence-corrected chi connectivity index (χ3v) is 3.49. The van der Waals surface area contributed by atoms with Crippen LogP contribution in [-0.2, 0) is 16.1 Å². The molecule has 3 N–H and O–H groups in total. The van der Waals surface area contributed by atoms with Gasteiger partial charge in [0.1, 0.15) is 6.04 Å². The minimum Gasteiger partial charge on any atom is -0.356 e. The molecule has 22 heavy (non-hydrogen) atoms. The number of urea groups is 1. The van der Waals surface area contributed by atoms with Crippen LogP contribution in [0.2, 0.25) is 0 Å². The molecule has 0 spiro atoms. The van der Waals surface area contributed by atoms with Crippen LogP contribution in [-0.4, -0.2) is 40.2 Å². The summed E-state index contributed by atoms with van der Waals surface area (Å²) in [5.41, 5.74) is 2.09. The number of hydrogen-bond acceptors (Lipinski definition) is 4. The van der Waals surface area contributed by atoms with Crippen molar-refractivity contribution in [1.29, 1.82) is 0 Å². The van der Waals surface area contributed by atoms with Gasteiger partial charge in [0.05, 0.1) is 5.69 Å². The van der Waals surface area contributed by atoms with Gasteiger partial charge in [-0.2, -0.15) is 5.10 Å². The molecule has 0 saturated carbocycles. The molecule has 1 saturated heterocycles. The molecule has 1 aliphatic rings. The lowest BCUT2D eigenvalue weighted by molar-refractivity contribution is -0.122. The van der Waals surface area contributed by atoms with Gasteiger partial charge in [-0.05, 0) is 32.8 Å². The van der Waals surface area contributed by atoms with Crippen molar-refractivity contribution in [3.8, 4) is 0 Å². The standard InChI is InChI=1S/C14H21N5O3/c1-9-8-10(2)19(18-9)7-3-6-15-12(20)5-4-11-13(21)17-14(22)16-11/h8,11H,3-7H2,1-2H3,(H,15,20)(H2,16,17,21,22)/t11-/m0/s1. The molecule has 2 heterocycles. The first-order valence-electron chi connectivity index (χ1n) is 7.35. The highest BCUT2D eigenvalue weighted by atomic mass is 16.2. The van der Waals surface area contributed by atoms with Crippen LogP contribution in [0.3, 0.4) is 0 Å². The Morgan fingerprint density at radius 3 is 2.77 bits per heavy atom. The Balaban J connectivity index is 1.61. The van der Waals surface area contributed by atoms with Crippen LogP contribution in [0.1, 0.15) is 30.7 Å². The second kappa shape index (κ2) is 7.06. The third kappa shape index (κ3) is 4.31. The number of aryl methyl sites for hydroxylation is 3. The van der Waals surface area contributed by atoms with E-state index in [1.165, 1.54) is 0 Å². The highest BCUT2D eigenvalue weighted by molar-refractivity contribution is 6.04. The van der Waals surface area contributed by atoms with Gasteiger partial charge in [0.2, 0.25) is 5.91 Å². The zero-order valence-electron chi connectivity index (χ0n) is 12.8. The van der Waals surface area contributed by atoms with E-state index in [-0.39, 0.29) is 18.2 Å². The van der Waals surface area contributed by atoms with E-state index in [2.05, 4.69) is 21.0 Å². The van der Waals surface area contributed by atoms with Crippen LogP contribution in [0.5, 0.6) is 0 Å². The van der Waals surface area contributed by atoms with E-state index in [1.54, 1.807) is 0 Å². The lowest BCUT2D eigenvalue weighted by Crippen LogP contribution is -2.32. The van der Waals surface area contributed by atoms with Crippen molar-refractivity contribution in [2.45, 2.75) is 45.7 Å². The van der Waals surface area contributed by atoms with E-state index < -0.39 is 12.1 Å². The van der Waals surface area contributed by atoms with E-state index in [1.807, 2.05) is 24.6 Å². The molecule has 1 aromatic rings. The maximum absolute atomic E-state index is 11.7. The van der Waals surface area contributed by atoms with Gasteiger partial charge in [-0.1, -0.05) is 0 Å². The molecule has 1 atom stereocenters. The van der Waals surface area contributed by atoms with Crippen LogP contribution in [0.4, 0.5) is 4.79 Å². The van der Waals surface area contributed by atoms with Crippen molar-refractivity contribution in [1.82, 2.24) is 25.7 Å². The van der Waals surface area contributed by atoms with Crippen molar-refractivity contribution >= 4 is 17.8 Å². The van der Waals surface area contributed by atoms with Crippen LogP contribution in [0.25, 0.3) is 0 Å². The molecule has 1 aromatic heterocycles. The molecule has 2 rings (SSSR count). The van der Waals surface area contributed by atoms with Gasteiger partial charge in [-0.3, -0.25) is 19.6 Å². The number of rotatable bonds is 7. The molecule has 1 aliphatic heterocycles. The predicted molar refractivity (Wildman–Crippen MR) is 79.0 cm³/mol. The number of imide groups is 1. The number of aromatic nitrogens is 2. The zero-order valence-corrected chi connectivity index (χ0v) is 12.8. The molecular weight excluding hydrogens is 286 g/mol. The number of carbonyl (C=O) groups is 3. The number of nitrogens with zero attached hydrogens (tertiary/aromatic N) is 2. The van der Waals surface area contributed by atoms with Crippen LogP contribution in [0, 0.1) is 13.8 Å². The molecule has 120 valence electrons. The Labute approximate surface area is 128 Å². The molecule has 4 amide bonds. The lowest BCUT2D eigenvalue weighted by atomic mass is 10.1. The molecule has 1 fully saturated rings. The average Bonchev–Trinajstić information content (AvgIpc) is 2.94. The van der Waals surface area contributed by atoms with Crippen molar-refractivity contribution in [3.05, 3.63) is 17.5 Å². The summed E-state index contributed by atoms with van der Waals surface area (Å²) in [5.74, 6) is -0.496. The second-order valence-corrected chi connectivity index (χ2v) is 5.41. The normalized spacial score (nSPS) is 17.3. The highest BCUT2D eigenvalue weighted by Gasteiger charge is 2.29. The highest BCUT2D eigenvalue weighted by Crippen LogP contribution is 2.03. The molecule has 8 nitrogen and oxygen atoms in total. The van der Waals surface area contributed by atoms with Crippen molar-refractivity contribution in [3.63, 3.8) is 0 Å². The smallest absolute Gasteiger partial charge is 0.322 e. The Morgan fingerprint density at radius 1 is 1.41 bits per heavy atom. The SMILES string of the molecule is Cc1cc(C)n(CCCNC(=O)CC[C@@H]2NC(=O)NC2=O)n1. The number of amides is 4. The van der Waals surface area contributed by atoms with Crippen LogP contribution >= 0.6 is 0 Å². The Bertz CT molecular complexity index is 581. The Hall–Kier alpha value is -2.38. The predicted octanol–water partition coefficient (Wildman–Crippen LogP) is -0.00556. The first-order valence-corrected chi connectivity index (χ1v) is 7.35. The average molecular weight is 307 g/mol. The summed E-state index contributed by atoms with van der Waals surface area (Å²) in [5, 5.41) is 11.8. The molecule has 0 aromatic carbocycles. The molecule has 8 heteroatoms. The van der Waals surface area contributed by atoms with Gasteiger partial charge in [-0.25, -0.2) is 4.79 Å². The van der Waals surface area contributed by atoms with Gasteiger partial charge in [0.25, 0.3) is 5.91 Å². The van der Waals surface area contributed by atoms with Gasteiger partial charge >= 0.3 is 6.03 Å². The fraction of sp³-hybridized carbons (Fsp3) is 0.571. The number of carbonyl (C=O) groups excluding carboxylic acids is 3. The van der Waals surface area contributed by atoms with Gasteiger partial charge in [-0.15, -0.1) is 0 Å². The van der Waals surface area contributed by atoms with E-state index >= 15 is 0 Å². The Morgan fingerprint density at radius 2 is 2.18 bits per heavy atom. The van der Waals surface area contributed by atoms with Gasteiger partial charge < -0.3 is 10.6 Å². The fourth-order valence-electron chi connectivity index (χ4n) is 2.38. The largest absolute Gasteiger partial charge is 0.356 e. The maximum atomic E-state index is 11.7. The number of nitrogens with one attached hydrogen (secondary N) is 3. The van der Waals surface area contributed by atoms with Crippen LogP contribution in [0.15, 0.2) is 6.07 Å². The van der Waals surface area contributed by atoms with E-state index in [0.29, 0.717) is 13.0 Å². The van der Waals surface area contributed by atoms with E-state index in [9.17, 15) is 14.4 Å². The summed E-state index contributed by atoms with van der Waals surface area (Å²) in [6.45, 7) is 5.25. The fourth-order valence-corrected chi connectivity index (χ4v) is 2.38. The summed E-state index contributed by atoms with van der Waals surface area (Å²) in [6, 6.07) is 0.910. The zero-order chi connectivity index (χ0) is 16.1. The second-order valence-electron chi connectivity index (χ2n) is 5.41. The first-order chi connectivity index (χ1) is 10.5. The van der Waals surface area contributed by atoms with Gasteiger partial charge in [0, 0.05) is 25.2 Å². The summed E-state index contributed by atoms with van der Waals surface area (Å²) in [7, 11) is 0. The topological polar surface area (TPSA) is 105 Å². The maximum Gasteiger partial charge on any atom is 0.322 e. The summed E-state index contributed by atoms with van der Waals surface area (Å²) >= 11 is 0. The van der Waals surface area contributed by atoms with E-state index in [0.717, 1.165) is 24.4 Å².